The highest BCUT2D eigenvalue weighted by Gasteiger charge is 2.13. The number of allylic oxidation sites excluding steroid dienone is 2. The van der Waals surface area contributed by atoms with Crippen LogP contribution in [0.2, 0.25) is 0 Å². The standard InChI is InChI=1S/C46H90O4/c1-3-5-7-9-11-13-15-17-19-21-22-23-24-26-28-30-32-34-36-38-40-42-49-44-45(43-47)50-46(48)41-39-37-35-33-31-29-27-25-20-18-16-14-12-10-8-6-4-2/h18,20,45,47H,3-17,19,21-44H2,1-2H3/b20-18-. The Morgan fingerprint density at radius 3 is 1.14 bits per heavy atom. The predicted octanol–water partition coefficient (Wildman–Crippen LogP) is 14.9. The maximum absolute atomic E-state index is 12.2. The van der Waals surface area contributed by atoms with E-state index in [9.17, 15) is 9.90 Å². The number of ether oxygens (including phenoxy) is 2. The molecule has 0 aliphatic heterocycles. The summed E-state index contributed by atoms with van der Waals surface area (Å²) in [7, 11) is 0. The summed E-state index contributed by atoms with van der Waals surface area (Å²) in [5, 5.41) is 9.61. The molecule has 0 spiro atoms. The number of carbonyl (C=O) groups excluding carboxylic acids is 1. The molecule has 0 saturated heterocycles. The SMILES string of the molecule is CCCCCCCC/C=C\CCCCCCCCCC(=O)OC(CO)COCCCCCCCCCCCCCCCCCCCCCCC. The second kappa shape index (κ2) is 44.3. The van der Waals surface area contributed by atoms with Crippen LogP contribution in [-0.2, 0) is 14.3 Å². The molecular formula is C46H90O4. The summed E-state index contributed by atoms with van der Waals surface area (Å²) in [6.45, 7) is 5.39. The molecule has 50 heavy (non-hydrogen) atoms. The quantitative estimate of drug-likeness (QED) is 0.0390. The lowest BCUT2D eigenvalue weighted by Gasteiger charge is -2.16. The third-order valence-electron chi connectivity index (χ3n) is 10.3. The van der Waals surface area contributed by atoms with Crippen molar-refractivity contribution in [2.45, 2.75) is 258 Å². The Bertz CT molecular complexity index is 663. The first kappa shape index (κ1) is 49.1. The molecule has 0 rings (SSSR count). The normalized spacial score (nSPS) is 12.3. The maximum atomic E-state index is 12.2. The van der Waals surface area contributed by atoms with Crippen molar-refractivity contribution in [3.63, 3.8) is 0 Å². The summed E-state index contributed by atoms with van der Waals surface area (Å²) in [6, 6.07) is 0. The molecule has 0 fully saturated rings. The van der Waals surface area contributed by atoms with Crippen LogP contribution < -0.4 is 0 Å². The van der Waals surface area contributed by atoms with Crippen molar-refractivity contribution in [1.82, 2.24) is 0 Å². The smallest absolute Gasteiger partial charge is 0.306 e. The predicted molar refractivity (Wildman–Crippen MR) is 219 cm³/mol. The van der Waals surface area contributed by atoms with Crippen LogP contribution in [0.25, 0.3) is 0 Å². The number of rotatable bonds is 43. The molecular weight excluding hydrogens is 617 g/mol. The lowest BCUT2D eigenvalue weighted by Crippen LogP contribution is -2.27. The van der Waals surface area contributed by atoms with Gasteiger partial charge in [-0.15, -0.1) is 0 Å². The first-order chi connectivity index (χ1) is 24.7. The molecule has 0 amide bonds. The van der Waals surface area contributed by atoms with E-state index in [1.165, 1.54) is 212 Å². The third-order valence-corrected chi connectivity index (χ3v) is 10.3. The molecule has 0 bridgehead atoms. The fourth-order valence-electron chi connectivity index (χ4n) is 6.91. The first-order valence-electron chi connectivity index (χ1n) is 22.8. The number of hydrogen-bond donors (Lipinski definition) is 1. The van der Waals surface area contributed by atoms with Crippen LogP contribution in [-0.4, -0.2) is 37.0 Å². The van der Waals surface area contributed by atoms with Crippen molar-refractivity contribution in [3.05, 3.63) is 12.2 Å². The minimum absolute atomic E-state index is 0.167. The molecule has 4 nitrogen and oxygen atoms in total. The summed E-state index contributed by atoms with van der Waals surface area (Å²) in [4.78, 5) is 12.2. The average Bonchev–Trinajstić information content (AvgIpc) is 3.12. The van der Waals surface area contributed by atoms with Crippen molar-refractivity contribution in [3.8, 4) is 0 Å². The van der Waals surface area contributed by atoms with Gasteiger partial charge in [-0.25, -0.2) is 0 Å². The van der Waals surface area contributed by atoms with E-state index in [1.807, 2.05) is 0 Å². The molecule has 4 heteroatoms. The highest BCUT2D eigenvalue weighted by atomic mass is 16.6. The Morgan fingerprint density at radius 2 is 0.780 bits per heavy atom. The fraction of sp³-hybridized carbons (Fsp3) is 0.935. The van der Waals surface area contributed by atoms with Gasteiger partial charge in [0.1, 0.15) is 6.10 Å². The Hall–Kier alpha value is -0.870. The number of aliphatic hydroxyl groups is 1. The summed E-state index contributed by atoms with van der Waals surface area (Å²) in [6.07, 6.45) is 52.8. The number of esters is 1. The van der Waals surface area contributed by atoms with E-state index in [1.54, 1.807) is 0 Å². The number of aliphatic hydroxyl groups excluding tert-OH is 1. The van der Waals surface area contributed by atoms with E-state index in [4.69, 9.17) is 9.47 Å². The van der Waals surface area contributed by atoms with Crippen LogP contribution in [0, 0.1) is 0 Å². The second-order valence-electron chi connectivity index (χ2n) is 15.5. The lowest BCUT2D eigenvalue weighted by atomic mass is 10.0. The second-order valence-corrected chi connectivity index (χ2v) is 15.5. The molecule has 0 aromatic carbocycles. The van der Waals surface area contributed by atoms with E-state index < -0.39 is 6.10 Å². The molecule has 0 aromatic heterocycles. The molecule has 0 aromatic rings. The topological polar surface area (TPSA) is 55.8 Å². The molecule has 0 heterocycles. The van der Waals surface area contributed by atoms with Crippen LogP contribution in [0.5, 0.6) is 0 Å². The van der Waals surface area contributed by atoms with Crippen molar-refractivity contribution >= 4 is 5.97 Å². The summed E-state index contributed by atoms with van der Waals surface area (Å²) < 4.78 is 11.2. The molecule has 1 N–H and O–H groups in total. The fourth-order valence-corrected chi connectivity index (χ4v) is 6.91. The van der Waals surface area contributed by atoms with Gasteiger partial charge in [-0.2, -0.15) is 0 Å². The summed E-state index contributed by atoms with van der Waals surface area (Å²) in [5.41, 5.74) is 0. The van der Waals surface area contributed by atoms with Gasteiger partial charge in [-0.3, -0.25) is 4.79 Å². The van der Waals surface area contributed by atoms with Gasteiger partial charge < -0.3 is 14.6 Å². The molecule has 1 atom stereocenters. The van der Waals surface area contributed by atoms with Gasteiger partial charge in [-0.05, 0) is 38.5 Å². The van der Waals surface area contributed by atoms with Crippen LogP contribution in [0.3, 0.4) is 0 Å². The van der Waals surface area contributed by atoms with Gasteiger partial charge in [-0.1, -0.05) is 219 Å². The van der Waals surface area contributed by atoms with E-state index in [0.29, 0.717) is 19.6 Å². The molecule has 0 aliphatic rings. The van der Waals surface area contributed by atoms with Gasteiger partial charge in [0.2, 0.25) is 0 Å². The van der Waals surface area contributed by atoms with Crippen molar-refractivity contribution in [2.75, 3.05) is 19.8 Å². The largest absolute Gasteiger partial charge is 0.457 e. The Labute approximate surface area is 314 Å². The third kappa shape index (κ3) is 41.5. The summed E-state index contributed by atoms with van der Waals surface area (Å²) >= 11 is 0. The van der Waals surface area contributed by atoms with Crippen LogP contribution in [0.4, 0.5) is 0 Å². The van der Waals surface area contributed by atoms with Crippen molar-refractivity contribution in [2.24, 2.45) is 0 Å². The zero-order chi connectivity index (χ0) is 36.3. The maximum Gasteiger partial charge on any atom is 0.306 e. The van der Waals surface area contributed by atoms with Gasteiger partial charge in [0.05, 0.1) is 13.2 Å². The van der Waals surface area contributed by atoms with Crippen molar-refractivity contribution < 1.29 is 19.4 Å². The van der Waals surface area contributed by atoms with E-state index >= 15 is 0 Å². The average molecular weight is 707 g/mol. The lowest BCUT2D eigenvalue weighted by molar-refractivity contribution is -0.154. The zero-order valence-corrected chi connectivity index (χ0v) is 34.2. The minimum atomic E-state index is -0.530. The molecule has 0 aliphatic carbocycles. The van der Waals surface area contributed by atoms with Gasteiger partial charge in [0, 0.05) is 13.0 Å². The Morgan fingerprint density at radius 1 is 0.460 bits per heavy atom. The van der Waals surface area contributed by atoms with Gasteiger partial charge in [0.15, 0.2) is 0 Å². The number of hydrogen-bond acceptors (Lipinski definition) is 4. The van der Waals surface area contributed by atoms with Gasteiger partial charge >= 0.3 is 5.97 Å². The molecule has 0 saturated carbocycles. The monoisotopic (exact) mass is 707 g/mol. The highest BCUT2D eigenvalue weighted by molar-refractivity contribution is 5.69. The highest BCUT2D eigenvalue weighted by Crippen LogP contribution is 2.16. The first-order valence-corrected chi connectivity index (χ1v) is 22.8. The van der Waals surface area contributed by atoms with Crippen LogP contribution >= 0.6 is 0 Å². The number of carbonyl (C=O) groups is 1. The van der Waals surface area contributed by atoms with Crippen molar-refractivity contribution in [1.29, 1.82) is 0 Å². The Balaban J connectivity index is 3.36. The molecule has 298 valence electrons. The van der Waals surface area contributed by atoms with Gasteiger partial charge in [0.25, 0.3) is 0 Å². The van der Waals surface area contributed by atoms with E-state index in [2.05, 4.69) is 26.0 Å². The summed E-state index contributed by atoms with van der Waals surface area (Å²) in [5.74, 6) is -0.200. The minimum Gasteiger partial charge on any atom is -0.457 e. The van der Waals surface area contributed by atoms with E-state index in [-0.39, 0.29) is 12.6 Å². The Kier molecular flexibility index (Phi) is 43.5. The van der Waals surface area contributed by atoms with Crippen LogP contribution in [0.15, 0.2) is 12.2 Å². The van der Waals surface area contributed by atoms with Crippen LogP contribution in [0.1, 0.15) is 251 Å². The zero-order valence-electron chi connectivity index (χ0n) is 34.2. The van der Waals surface area contributed by atoms with E-state index in [0.717, 1.165) is 19.3 Å². The number of unbranched alkanes of at least 4 members (excludes halogenated alkanes) is 33. The molecule has 1 unspecified atom stereocenters. The molecule has 0 radical (unpaired) electrons.